The van der Waals surface area contributed by atoms with Gasteiger partial charge in [-0.3, -0.25) is 4.79 Å². The summed E-state index contributed by atoms with van der Waals surface area (Å²) < 4.78 is 0. The molecule has 0 aromatic carbocycles. The zero-order valence-corrected chi connectivity index (χ0v) is 16.0. The van der Waals surface area contributed by atoms with E-state index in [0.717, 1.165) is 24.8 Å². The van der Waals surface area contributed by atoms with Gasteiger partial charge in [-0.2, -0.15) is 0 Å². The fraction of sp³-hybridized carbons (Fsp3) is 0.857. The van der Waals surface area contributed by atoms with Crippen molar-refractivity contribution >= 4 is 5.78 Å². The number of aliphatic hydroxyl groups excluding tert-OH is 3. The topological polar surface area (TPSA) is 98.0 Å². The lowest BCUT2D eigenvalue weighted by molar-refractivity contribution is -0.180. The third-order valence-electron chi connectivity index (χ3n) is 8.91. The standard InChI is InChI=1S/C21H32O5/c1-11(22)21(26)9-6-14-16-13(5-8-20(14,21)3)19(2)7-4-12(23)10-15(19)17(24)18(16)25/h10,12-14,16-18,23-26H,4-9H2,1-3H3/t12-,13+,14+,16-,17-,18-,19-,20+,21+/m1/s1. The molecule has 0 aliphatic heterocycles. The van der Waals surface area contributed by atoms with Gasteiger partial charge in [-0.1, -0.05) is 19.9 Å². The summed E-state index contributed by atoms with van der Waals surface area (Å²) in [5, 5.41) is 43.1. The molecule has 0 aromatic heterocycles. The number of hydrogen-bond donors (Lipinski definition) is 4. The van der Waals surface area contributed by atoms with E-state index in [4.69, 9.17) is 0 Å². The highest BCUT2D eigenvalue weighted by atomic mass is 16.3. The molecular weight excluding hydrogens is 332 g/mol. The van der Waals surface area contributed by atoms with Crippen molar-refractivity contribution in [2.24, 2.45) is 28.6 Å². The minimum absolute atomic E-state index is 0.0185. The Labute approximate surface area is 155 Å². The predicted molar refractivity (Wildman–Crippen MR) is 96.1 cm³/mol. The number of carbonyl (C=O) groups excluding carboxylic acids is 1. The fourth-order valence-corrected chi connectivity index (χ4v) is 7.31. The number of rotatable bonds is 1. The van der Waals surface area contributed by atoms with Gasteiger partial charge in [-0.05, 0) is 74.2 Å². The van der Waals surface area contributed by atoms with E-state index in [1.165, 1.54) is 6.92 Å². The summed E-state index contributed by atoms with van der Waals surface area (Å²) in [5.41, 5.74) is -1.33. The Morgan fingerprint density at radius 2 is 1.69 bits per heavy atom. The Bertz CT molecular complexity index is 659. The molecule has 9 atom stereocenters. The van der Waals surface area contributed by atoms with Gasteiger partial charge in [0.15, 0.2) is 5.78 Å². The highest BCUT2D eigenvalue weighted by molar-refractivity contribution is 5.86. The molecule has 146 valence electrons. The van der Waals surface area contributed by atoms with Crippen molar-refractivity contribution in [2.45, 2.75) is 83.2 Å². The highest BCUT2D eigenvalue weighted by Crippen LogP contribution is 2.67. The molecule has 4 N–H and O–H groups in total. The molecule has 26 heavy (non-hydrogen) atoms. The first kappa shape index (κ1) is 18.6. The molecule has 0 unspecified atom stereocenters. The molecule has 0 aromatic rings. The van der Waals surface area contributed by atoms with Gasteiger partial charge >= 0.3 is 0 Å². The van der Waals surface area contributed by atoms with Gasteiger partial charge in [0.05, 0.1) is 12.2 Å². The Morgan fingerprint density at radius 3 is 2.35 bits per heavy atom. The van der Waals surface area contributed by atoms with E-state index in [1.807, 2.05) is 6.92 Å². The monoisotopic (exact) mass is 364 g/mol. The van der Waals surface area contributed by atoms with Crippen LogP contribution in [0.5, 0.6) is 0 Å². The fourth-order valence-electron chi connectivity index (χ4n) is 7.31. The molecule has 3 saturated carbocycles. The number of hydrogen-bond acceptors (Lipinski definition) is 5. The van der Waals surface area contributed by atoms with Crippen LogP contribution >= 0.6 is 0 Å². The first-order valence-electron chi connectivity index (χ1n) is 10.1. The molecule has 0 bridgehead atoms. The molecular formula is C21H32O5. The van der Waals surface area contributed by atoms with Gasteiger partial charge in [0.25, 0.3) is 0 Å². The van der Waals surface area contributed by atoms with Gasteiger partial charge < -0.3 is 20.4 Å². The van der Waals surface area contributed by atoms with Crippen LogP contribution in [-0.4, -0.2) is 50.1 Å². The van der Waals surface area contributed by atoms with E-state index >= 15 is 0 Å². The summed E-state index contributed by atoms with van der Waals surface area (Å²) in [7, 11) is 0. The molecule has 0 radical (unpaired) electrons. The summed E-state index contributed by atoms with van der Waals surface area (Å²) in [4.78, 5) is 12.3. The Hall–Kier alpha value is -0.750. The van der Waals surface area contributed by atoms with Crippen molar-refractivity contribution in [3.63, 3.8) is 0 Å². The number of carbonyl (C=O) groups is 1. The van der Waals surface area contributed by atoms with Gasteiger partial charge in [-0.15, -0.1) is 0 Å². The Kier molecular flexibility index (Phi) is 4.03. The van der Waals surface area contributed by atoms with Crippen LogP contribution in [0.4, 0.5) is 0 Å². The smallest absolute Gasteiger partial charge is 0.161 e. The molecule has 4 rings (SSSR count). The minimum Gasteiger partial charge on any atom is -0.390 e. The SMILES string of the molecule is CC(=O)[C@@]1(O)CC[C@H]2[C@@H]3[C@@H](O)[C@H](O)C4=C[C@H](O)CC[C@]4(C)[C@H]3CC[C@@]21C. The summed E-state index contributed by atoms with van der Waals surface area (Å²) in [5.74, 6) is -0.0917. The first-order chi connectivity index (χ1) is 12.1. The van der Waals surface area contributed by atoms with Crippen molar-refractivity contribution in [3.05, 3.63) is 11.6 Å². The van der Waals surface area contributed by atoms with E-state index in [2.05, 4.69) is 6.92 Å². The largest absolute Gasteiger partial charge is 0.390 e. The van der Waals surface area contributed by atoms with Crippen LogP contribution in [0, 0.1) is 28.6 Å². The molecule has 4 aliphatic carbocycles. The van der Waals surface area contributed by atoms with Crippen LogP contribution in [0.2, 0.25) is 0 Å². The van der Waals surface area contributed by atoms with E-state index < -0.39 is 29.3 Å². The average Bonchev–Trinajstić information content (AvgIpc) is 2.87. The van der Waals surface area contributed by atoms with E-state index in [-0.39, 0.29) is 29.0 Å². The number of fused-ring (bicyclic) bond motifs is 5. The van der Waals surface area contributed by atoms with Crippen molar-refractivity contribution in [1.29, 1.82) is 0 Å². The van der Waals surface area contributed by atoms with Crippen LogP contribution in [0.25, 0.3) is 0 Å². The van der Waals surface area contributed by atoms with Crippen LogP contribution in [0.3, 0.4) is 0 Å². The molecule has 0 spiro atoms. The molecule has 4 aliphatic rings. The quantitative estimate of drug-likeness (QED) is 0.530. The lowest BCUT2D eigenvalue weighted by Crippen LogP contribution is -2.63. The molecule has 5 nitrogen and oxygen atoms in total. The van der Waals surface area contributed by atoms with Crippen LogP contribution < -0.4 is 0 Å². The summed E-state index contributed by atoms with van der Waals surface area (Å²) >= 11 is 0. The van der Waals surface area contributed by atoms with Crippen LogP contribution in [-0.2, 0) is 4.79 Å². The maximum absolute atomic E-state index is 12.3. The Balaban J connectivity index is 1.77. The molecule has 3 fully saturated rings. The zero-order chi connectivity index (χ0) is 19.1. The van der Waals surface area contributed by atoms with Crippen LogP contribution in [0.1, 0.15) is 59.3 Å². The second-order valence-corrected chi connectivity index (χ2v) is 9.78. The summed E-state index contributed by atoms with van der Waals surface area (Å²) in [6.45, 7) is 5.63. The summed E-state index contributed by atoms with van der Waals surface area (Å²) in [6.07, 6.45) is 3.49. The molecule has 0 amide bonds. The lowest BCUT2D eigenvalue weighted by atomic mass is 9.45. The highest BCUT2D eigenvalue weighted by Gasteiger charge is 2.68. The first-order valence-corrected chi connectivity index (χ1v) is 10.1. The van der Waals surface area contributed by atoms with Gasteiger partial charge in [0.2, 0.25) is 0 Å². The molecule has 0 saturated heterocycles. The summed E-state index contributed by atoms with van der Waals surface area (Å²) in [6, 6.07) is 0. The number of aliphatic hydroxyl groups is 4. The predicted octanol–water partition coefficient (Wildman–Crippen LogP) is 1.57. The van der Waals surface area contributed by atoms with Crippen molar-refractivity contribution in [1.82, 2.24) is 0 Å². The van der Waals surface area contributed by atoms with Crippen molar-refractivity contribution in [2.75, 3.05) is 0 Å². The number of Topliss-reactive ketones (excluding diaryl/α,β-unsaturated/α-hetero) is 1. The number of ketones is 1. The van der Waals surface area contributed by atoms with E-state index in [0.29, 0.717) is 19.3 Å². The van der Waals surface area contributed by atoms with E-state index in [9.17, 15) is 25.2 Å². The molecule has 5 heteroatoms. The van der Waals surface area contributed by atoms with E-state index in [1.54, 1.807) is 6.08 Å². The van der Waals surface area contributed by atoms with Gasteiger partial charge in [0, 0.05) is 5.41 Å². The van der Waals surface area contributed by atoms with Crippen molar-refractivity contribution < 1.29 is 25.2 Å². The molecule has 0 heterocycles. The maximum atomic E-state index is 12.3. The maximum Gasteiger partial charge on any atom is 0.161 e. The Morgan fingerprint density at radius 1 is 1.04 bits per heavy atom. The third kappa shape index (κ3) is 2.09. The normalized spacial score (nSPS) is 56.2. The minimum atomic E-state index is -1.33. The second-order valence-electron chi connectivity index (χ2n) is 9.78. The van der Waals surface area contributed by atoms with Crippen LogP contribution in [0.15, 0.2) is 11.6 Å². The van der Waals surface area contributed by atoms with Gasteiger partial charge in [-0.25, -0.2) is 0 Å². The zero-order valence-electron chi connectivity index (χ0n) is 16.0. The van der Waals surface area contributed by atoms with Gasteiger partial charge in [0.1, 0.15) is 11.7 Å². The average molecular weight is 364 g/mol. The lowest BCUT2D eigenvalue weighted by Gasteiger charge is -2.61. The third-order valence-corrected chi connectivity index (χ3v) is 8.91. The van der Waals surface area contributed by atoms with Crippen molar-refractivity contribution in [3.8, 4) is 0 Å². The second kappa shape index (κ2) is 5.63.